The van der Waals surface area contributed by atoms with Crippen LogP contribution in [-0.4, -0.2) is 43.0 Å². The van der Waals surface area contributed by atoms with Crippen LogP contribution in [0.4, 0.5) is 6.01 Å². The highest BCUT2D eigenvalue weighted by molar-refractivity contribution is 6.31. The van der Waals surface area contributed by atoms with Crippen molar-refractivity contribution in [1.82, 2.24) is 9.88 Å². The van der Waals surface area contributed by atoms with Gasteiger partial charge in [-0.15, -0.1) is 0 Å². The first-order valence-corrected chi connectivity index (χ1v) is 7.92. The minimum absolute atomic E-state index is 0.177. The maximum atomic E-state index is 11.9. The number of rotatable bonds is 3. The number of amides is 1. The predicted octanol–water partition coefficient (Wildman–Crippen LogP) is 3.18. The lowest BCUT2D eigenvalue weighted by Gasteiger charge is -2.31. The van der Waals surface area contributed by atoms with Gasteiger partial charge in [-0.2, -0.15) is 4.98 Å². The molecule has 0 saturated carbocycles. The summed E-state index contributed by atoms with van der Waals surface area (Å²) in [5, 5.41) is 0.642. The van der Waals surface area contributed by atoms with Crippen LogP contribution in [0.25, 0.3) is 11.1 Å². The summed E-state index contributed by atoms with van der Waals surface area (Å²) in [7, 11) is 3.60. The number of carbonyl (C=O) groups is 1. The number of carbonyl (C=O) groups excluding carboxylic acids is 1. The molecule has 1 atom stereocenters. The predicted molar refractivity (Wildman–Crippen MR) is 87.3 cm³/mol. The Morgan fingerprint density at radius 2 is 2.32 bits per heavy atom. The van der Waals surface area contributed by atoms with Gasteiger partial charge in [-0.1, -0.05) is 11.6 Å². The molecular weight excluding hydrogens is 302 g/mol. The molecule has 0 aliphatic carbocycles. The van der Waals surface area contributed by atoms with E-state index in [4.69, 9.17) is 16.0 Å². The standard InChI is InChI=1S/C16H20ClN3O2/c1-19(2)15(21)8-11-4-3-7-20(10-11)16-18-13-6-5-12(17)9-14(13)22-16/h5-6,9,11H,3-4,7-8,10H2,1-2H3. The van der Waals surface area contributed by atoms with E-state index in [2.05, 4.69) is 9.88 Å². The molecule has 1 unspecified atom stereocenters. The molecule has 1 saturated heterocycles. The first-order valence-electron chi connectivity index (χ1n) is 7.54. The number of halogens is 1. The number of oxazole rings is 1. The van der Waals surface area contributed by atoms with E-state index in [9.17, 15) is 4.79 Å². The average Bonchev–Trinajstić information content (AvgIpc) is 2.90. The summed E-state index contributed by atoms with van der Waals surface area (Å²) in [6.45, 7) is 1.72. The van der Waals surface area contributed by atoms with E-state index in [0.717, 1.165) is 31.4 Å². The first-order chi connectivity index (χ1) is 10.5. The maximum absolute atomic E-state index is 11.9. The molecule has 5 nitrogen and oxygen atoms in total. The number of aromatic nitrogens is 1. The molecular formula is C16H20ClN3O2. The molecule has 1 aliphatic heterocycles. The Morgan fingerprint density at radius 1 is 1.50 bits per heavy atom. The zero-order valence-corrected chi connectivity index (χ0v) is 13.6. The second-order valence-electron chi connectivity index (χ2n) is 6.06. The molecule has 22 heavy (non-hydrogen) atoms. The molecule has 0 bridgehead atoms. The van der Waals surface area contributed by atoms with Crippen LogP contribution in [0.1, 0.15) is 19.3 Å². The van der Waals surface area contributed by atoms with Crippen molar-refractivity contribution >= 4 is 34.6 Å². The van der Waals surface area contributed by atoms with Crippen LogP contribution >= 0.6 is 11.6 Å². The monoisotopic (exact) mass is 321 g/mol. The fourth-order valence-corrected chi connectivity index (χ4v) is 3.02. The Balaban J connectivity index is 1.74. The van der Waals surface area contributed by atoms with Gasteiger partial charge in [0.05, 0.1) is 0 Å². The van der Waals surface area contributed by atoms with Crippen LogP contribution < -0.4 is 4.90 Å². The van der Waals surface area contributed by atoms with Crippen molar-refractivity contribution < 1.29 is 9.21 Å². The van der Waals surface area contributed by atoms with Gasteiger partial charge in [-0.05, 0) is 30.9 Å². The molecule has 1 aromatic carbocycles. The molecule has 0 radical (unpaired) electrons. The highest BCUT2D eigenvalue weighted by atomic mass is 35.5. The van der Waals surface area contributed by atoms with Crippen molar-refractivity contribution in [2.24, 2.45) is 5.92 Å². The molecule has 3 rings (SSSR count). The SMILES string of the molecule is CN(C)C(=O)CC1CCCN(c2nc3ccc(Cl)cc3o2)C1. The van der Waals surface area contributed by atoms with Crippen LogP contribution in [0, 0.1) is 5.92 Å². The highest BCUT2D eigenvalue weighted by Gasteiger charge is 2.25. The molecule has 6 heteroatoms. The molecule has 0 N–H and O–H groups in total. The van der Waals surface area contributed by atoms with Crippen molar-refractivity contribution in [3.63, 3.8) is 0 Å². The maximum Gasteiger partial charge on any atom is 0.298 e. The van der Waals surface area contributed by atoms with Gasteiger partial charge in [0.1, 0.15) is 5.52 Å². The third-order valence-electron chi connectivity index (χ3n) is 4.09. The van der Waals surface area contributed by atoms with Crippen LogP contribution in [0.15, 0.2) is 22.6 Å². The van der Waals surface area contributed by atoms with E-state index in [0.29, 0.717) is 29.0 Å². The van der Waals surface area contributed by atoms with E-state index >= 15 is 0 Å². The zero-order valence-electron chi connectivity index (χ0n) is 12.9. The second kappa shape index (κ2) is 6.16. The number of nitrogens with zero attached hydrogens (tertiary/aromatic N) is 3. The smallest absolute Gasteiger partial charge is 0.298 e. The average molecular weight is 322 g/mol. The molecule has 1 aromatic heterocycles. The fourth-order valence-electron chi connectivity index (χ4n) is 2.86. The van der Waals surface area contributed by atoms with Crippen molar-refractivity contribution in [2.45, 2.75) is 19.3 Å². The lowest BCUT2D eigenvalue weighted by Crippen LogP contribution is -2.37. The Kier molecular flexibility index (Phi) is 4.25. The molecule has 1 amide bonds. The normalized spacial score (nSPS) is 18.7. The van der Waals surface area contributed by atoms with Gasteiger partial charge in [-0.3, -0.25) is 4.79 Å². The minimum Gasteiger partial charge on any atom is -0.423 e. The van der Waals surface area contributed by atoms with Gasteiger partial charge >= 0.3 is 0 Å². The Bertz CT molecular complexity index is 683. The van der Waals surface area contributed by atoms with E-state index in [-0.39, 0.29) is 5.91 Å². The van der Waals surface area contributed by atoms with E-state index in [1.54, 1.807) is 25.1 Å². The Morgan fingerprint density at radius 3 is 3.09 bits per heavy atom. The number of benzene rings is 1. The van der Waals surface area contributed by atoms with Gasteiger partial charge in [0.2, 0.25) is 5.91 Å². The quantitative estimate of drug-likeness (QED) is 0.871. The molecule has 1 fully saturated rings. The summed E-state index contributed by atoms with van der Waals surface area (Å²) in [6, 6.07) is 6.08. The highest BCUT2D eigenvalue weighted by Crippen LogP contribution is 2.29. The van der Waals surface area contributed by atoms with Crippen LogP contribution in [0.5, 0.6) is 0 Å². The van der Waals surface area contributed by atoms with E-state index in [1.165, 1.54) is 0 Å². The third-order valence-corrected chi connectivity index (χ3v) is 4.33. The summed E-state index contributed by atoms with van der Waals surface area (Å²) < 4.78 is 5.82. The summed E-state index contributed by atoms with van der Waals surface area (Å²) in [4.78, 5) is 20.2. The van der Waals surface area contributed by atoms with Gasteiger partial charge in [0.15, 0.2) is 5.58 Å². The van der Waals surface area contributed by atoms with E-state index in [1.807, 2.05) is 12.1 Å². The minimum atomic E-state index is 0.177. The number of fused-ring (bicyclic) bond motifs is 1. The van der Waals surface area contributed by atoms with Gasteiger partial charge in [0, 0.05) is 44.7 Å². The lowest BCUT2D eigenvalue weighted by atomic mass is 9.94. The Hall–Kier alpha value is -1.75. The number of hydrogen-bond donors (Lipinski definition) is 0. The molecule has 0 spiro atoms. The van der Waals surface area contributed by atoms with Crippen molar-refractivity contribution in [3.8, 4) is 0 Å². The number of piperidine rings is 1. The zero-order chi connectivity index (χ0) is 15.7. The van der Waals surface area contributed by atoms with Crippen LogP contribution in [0.3, 0.4) is 0 Å². The fraction of sp³-hybridized carbons (Fsp3) is 0.500. The van der Waals surface area contributed by atoms with E-state index < -0.39 is 0 Å². The topological polar surface area (TPSA) is 49.6 Å². The first kappa shape index (κ1) is 15.2. The van der Waals surface area contributed by atoms with Crippen molar-refractivity contribution in [1.29, 1.82) is 0 Å². The number of hydrogen-bond acceptors (Lipinski definition) is 4. The largest absolute Gasteiger partial charge is 0.423 e. The van der Waals surface area contributed by atoms with Crippen molar-refractivity contribution in [2.75, 3.05) is 32.1 Å². The summed E-state index contributed by atoms with van der Waals surface area (Å²) in [5.41, 5.74) is 1.51. The molecule has 2 heterocycles. The molecule has 118 valence electrons. The second-order valence-corrected chi connectivity index (χ2v) is 6.49. The summed E-state index contributed by atoms with van der Waals surface area (Å²) in [5.74, 6) is 0.526. The molecule has 2 aromatic rings. The third kappa shape index (κ3) is 3.19. The van der Waals surface area contributed by atoms with Crippen LogP contribution in [0.2, 0.25) is 5.02 Å². The summed E-state index contributed by atoms with van der Waals surface area (Å²) >= 11 is 5.98. The van der Waals surface area contributed by atoms with Crippen molar-refractivity contribution in [3.05, 3.63) is 23.2 Å². The Labute approximate surface area is 134 Å². The molecule has 1 aliphatic rings. The van der Waals surface area contributed by atoms with Crippen LogP contribution in [-0.2, 0) is 4.79 Å². The number of anilines is 1. The lowest BCUT2D eigenvalue weighted by molar-refractivity contribution is -0.129. The van der Waals surface area contributed by atoms with Gasteiger partial charge in [0.25, 0.3) is 6.01 Å². The summed E-state index contributed by atoms with van der Waals surface area (Å²) in [6.07, 6.45) is 2.70. The van der Waals surface area contributed by atoms with Gasteiger partial charge < -0.3 is 14.2 Å². The van der Waals surface area contributed by atoms with Gasteiger partial charge in [-0.25, -0.2) is 0 Å².